The van der Waals surface area contributed by atoms with Crippen LogP contribution in [0.2, 0.25) is 0 Å². The topological polar surface area (TPSA) is 83.5 Å². The number of sulfone groups is 1. The van der Waals surface area contributed by atoms with Crippen molar-refractivity contribution in [3.05, 3.63) is 0 Å². The highest BCUT2D eigenvalue weighted by Gasteiger charge is 2.29. The highest BCUT2D eigenvalue weighted by molar-refractivity contribution is 8.02. The molecule has 106 valence electrons. The molecule has 0 aromatic carbocycles. The van der Waals surface area contributed by atoms with Crippen molar-refractivity contribution in [2.24, 2.45) is 0 Å². The molecule has 0 aromatic heterocycles. The van der Waals surface area contributed by atoms with Crippen molar-refractivity contribution >= 4 is 27.5 Å². The van der Waals surface area contributed by atoms with Gasteiger partial charge in [0.1, 0.15) is 0 Å². The molecule has 1 atom stereocenters. The Morgan fingerprint density at radius 2 is 2.17 bits per heavy atom. The largest absolute Gasteiger partial charge is 0.396 e. The number of carbonyl (C=O) groups excluding carboxylic acids is 1. The summed E-state index contributed by atoms with van der Waals surface area (Å²) in [6.07, 6.45) is 1.14. The van der Waals surface area contributed by atoms with Crippen molar-refractivity contribution in [3.63, 3.8) is 0 Å². The molecule has 0 spiro atoms. The molecule has 1 amide bonds. The molecule has 1 heterocycles. The summed E-state index contributed by atoms with van der Waals surface area (Å²) in [7, 11) is -2.87. The first kappa shape index (κ1) is 15.8. The Morgan fingerprint density at radius 3 is 2.67 bits per heavy atom. The Morgan fingerprint density at radius 1 is 1.50 bits per heavy atom. The summed E-state index contributed by atoms with van der Waals surface area (Å²) in [5, 5.41) is 11.7. The van der Waals surface area contributed by atoms with E-state index in [4.69, 9.17) is 5.11 Å². The normalized spacial score (nSPS) is 22.9. The lowest BCUT2D eigenvalue weighted by molar-refractivity contribution is -0.120. The third-order valence-corrected chi connectivity index (χ3v) is 6.14. The number of aliphatic hydroxyl groups excluding tert-OH is 1. The van der Waals surface area contributed by atoms with Gasteiger partial charge in [0.05, 0.1) is 17.3 Å². The van der Waals surface area contributed by atoms with E-state index in [0.717, 1.165) is 0 Å². The summed E-state index contributed by atoms with van der Waals surface area (Å²) in [5.41, 5.74) is -0.422. The number of nitrogens with one attached hydrogen (secondary N) is 1. The zero-order chi connectivity index (χ0) is 13.8. The summed E-state index contributed by atoms with van der Waals surface area (Å²) in [4.78, 5) is 11.7. The second-order valence-corrected chi connectivity index (χ2v) is 8.76. The Labute approximate surface area is 113 Å². The van der Waals surface area contributed by atoms with Gasteiger partial charge in [0, 0.05) is 17.4 Å². The molecule has 1 unspecified atom stereocenters. The van der Waals surface area contributed by atoms with Gasteiger partial charge in [-0.15, -0.1) is 11.8 Å². The maximum atomic E-state index is 11.7. The van der Waals surface area contributed by atoms with E-state index < -0.39 is 15.4 Å². The zero-order valence-electron chi connectivity index (χ0n) is 10.8. The SMILES string of the molecule is CC(C)(CCO)NC(=O)CSC1CCS(=O)(=O)C1. The Bertz CT molecular complexity index is 392. The summed E-state index contributed by atoms with van der Waals surface area (Å²) < 4.78 is 22.5. The van der Waals surface area contributed by atoms with Crippen molar-refractivity contribution in [2.45, 2.75) is 37.5 Å². The van der Waals surface area contributed by atoms with Gasteiger partial charge in [-0.2, -0.15) is 0 Å². The molecule has 7 heteroatoms. The number of carbonyl (C=O) groups is 1. The van der Waals surface area contributed by atoms with Gasteiger partial charge in [-0.1, -0.05) is 0 Å². The van der Waals surface area contributed by atoms with Crippen LogP contribution >= 0.6 is 11.8 Å². The van der Waals surface area contributed by atoms with Gasteiger partial charge in [0.25, 0.3) is 0 Å². The number of amides is 1. The van der Waals surface area contributed by atoms with Crippen LogP contribution in [0.15, 0.2) is 0 Å². The van der Waals surface area contributed by atoms with Crippen molar-refractivity contribution in [2.75, 3.05) is 23.9 Å². The fourth-order valence-corrected chi connectivity index (χ4v) is 5.28. The summed E-state index contributed by atoms with van der Waals surface area (Å²) >= 11 is 1.40. The molecule has 1 fully saturated rings. The minimum atomic E-state index is -2.87. The van der Waals surface area contributed by atoms with E-state index in [1.807, 2.05) is 13.8 Å². The van der Waals surface area contributed by atoms with Gasteiger partial charge in [-0.3, -0.25) is 4.79 Å². The van der Waals surface area contributed by atoms with Gasteiger partial charge in [-0.25, -0.2) is 8.42 Å². The minimum Gasteiger partial charge on any atom is -0.396 e. The molecule has 0 aromatic rings. The molecule has 1 aliphatic rings. The van der Waals surface area contributed by atoms with Crippen LogP contribution in [0.5, 0.6) is 0 Å². The van der Waals surface area contributed by atoms with E-state index in [1.165, 1.54) is 11.8 Å². The van der Waals surface area contributed by atoms with E-state index in [2.05, 4.69) is 5.32 Å². The van der Waals surface area contributed by atoms with Gasteiger partial charge < -0.3 is 10.4 Å². The average Bonchev–Trinajstić information content (AvgIpc) is 2.54. The van der Waals surface area contributed by atoms with Gasteiger partial charge >= 0.3 is 0 Å². The highest BCUT2D eigenvalue weighted by Crippen LogP contribution is 2.24. The lowest BCUT2D eigenvalue weighted by Crippen LogP contribution is -2.45. The number of hydrogen-bond acceptors (Lipinski definition) is 5. The van der Waals surface area contributed by atoms with E-state index in [0.29, 0.717) is 12.8 Å². The molecule has 0 bridgehead atoms. The molecule has 0 aliphatic carbocycles. The molecular weight excluding hydrogens is 274 g/mol. The highest BCUT2D eigenvalue weighted by atomic mass is 32.2. The predicted octanol–water partition coefficient (Wildman–Crippen LogP) is 0.184. The fourth-order valence-electron chi connectivity index (χ4n) is 1.84. The monoisotopic (exact) mass is 295 g/mol. The van der Waals surface area contributed by atoms with Crippen LogP contribution < -0.4 is 5.32 Å². The quantitative estimate of drug-likeness (QED) is 0.730. The first-order valence-corrected chi connectivity index (χ1v) is 8.85. The van der Waals surface area contributed by atoms with E-state index in [9.17, 15) is 13.2 Å². The van der Waals surface area contributed by atoms with E-state index in [-0.39, 0.29) is 35.0 Å². The van der Waals surface area contributed by atoms with Crippen LogP contribution in [0.25, 0.3) is 0 Å². The first-order chi connectivity index (χ1) is 8.24. The number of aliphatic hydroxyl groups is 1. The molecule has 0 radical (unpaired) electrons. The molecule has 1 aliphatic heterocycles. The van der Waals surface area contributed by atoms with Crippen molar-refractivity contribution in [1.82, 2.24) is 5.32 Å². The maximum absolute atomic E-state index is 11.7. The van der Waals surface area contributed by atoms with E-state index in [1.54, 1.807) is 0 Å². The second-order valence-electron chi connectivity index (χ2n) is 5.24. The fraction of sp³-hybridized carbons (Fsp3) is 0.909. The average molecular weight is 295 g/mol. The third-order valence-electron chi connectivity index (χ3n) is 2.86. The molecule has 2 N–H and O–H groups in total. The minimum absolute atomic E-state index is 0.0291. The van der Waals surface area contributed by atoms with Crippen LogP contribution in [0.4, 0.5) is 0 Å². The van der Waals surface area contributed by atoms with Crippen LogP contribution in [0, 0.1) is 0 Å². The van der Waals surface area contributed by atoms with Crippen molar-refractivity contribution < 1.29 is 18.3 Å². The third kappa shape index (κ3) is 5.58. The summed E-state index contributed by atoms with van der Waals surface area (Å²) in [5.74, 6) is 0.588. The van der Waals surface area contributed by atoms with Crippen molar-refractivity contribution in [1.29, 1.82) is 0 Å². The standard InChI is InChI=1S/C11H21NO4S2/c1-11(2,4-5-13)12-10(14)7-17-9-3-6-18(15,16)8-9/h9,13H,3-8H2,1-2H3,(H,12,14). The smallest absolute Gasteiger partial charge is 0.230 e. The molecule has 5 nitrogen and oxygen atoms in total. The van der Waals surface area contributed by atoms with Gasteiger partial charge in [-0.05, 0) is 26.7 Å². The number of hydrogen-bond donors (Lipinski definition) is 2. The lowest BCUT2D eigenvalue weighted by Gasteiger charge is -2.25. The predicted molar refractivity (Wildman–Crippen MR) is 73.4 cm³/mol. The van der Waals surface area contributed by atoms with Crippen LogP contribution in [0.1, 0.15) is 26.7 Å². The zero-order valence-corrected chi connectivity index (χ0v) is 12.4. The molecule has 1 rings (SSSR count). The molecule has 18 heavy (non-hydrogen) atoms. The number of rotatable bonds is 6. The number of thioether (sulfide) groups is 1. The Hall–Kier alpha value is -0.270. The maximum Gasteiger partial charge on any atom is 0.230 e. The van der Waals surface area contributed by atoms with Crippen molar-refractivity contribution in [3.8, 4) is 0 Å². The van der Waals surface area contributed by atoms with E-state index >= 15 is 0 Å². The molecule has 0 saturated carbocycles. The van der Waals surface area contributed by atoms with Crippen LogP contribution in [-0.2, 0) is 14.6 Å². The molecule has 1 saturated heterocycles. The lowest BCUT2D eigenvalue weighted by atomic mass is 10.0. The second kappa shape index (κ2) is 6.25. The Balaban J connectivity index is 2.30. The Kier molecular flexibility index (Phi) is 5.48. The van der Waals surface area contributed by atoms with Gasteiger partial charge in [0.2, 0.25) is 5.91 Å². The van der Waals surface area contributed by atoms with Crippen LogP contribution in [0.3, 0.4) is 0 Å². The molecular formula is C11H21NO4S2. The van der Waals surface area contributed by atoms with Gasteiger partial charge in [0.15, 0.2) is 9.84 Å². The summed E-state index contributed by atoms with van der Waals surface area (Å²) in [6.45, 7) is 3.74. The first-order valence-electron chi connectivity index (χ1n) is 5.98. The van der Waals surface area contributed by atoms with Crippen LogP contribution in [-0.4, -0.2) is 54.1 Å². The summed E-state index contributed by atoms with van der Waals surface area (Å²) in [6, 6.07) is 0.